The highest BCUT2D eigenvalue weighted by Crippen LogP contribution is 2.47. The highest BCUT2D eigenvalue weighted by Gasteiger charge is 2.20. The van der Waals surface area contributed by atoms with Gasteiger partial charge in [0.05, 0.1) is 11.6 Å². The van der Waals surface area contributed by atoms with E-state index in [1.54, 1.807) is 0 Å². The second kappa shape index (κ2) is 11.3. The van der Waals surface area contributed by atoms with Crippen molar-refractivity contribution >= 4 is 97.3 Å². The fourth-order valence-electron chi connectivity index (χ4n) is 9.42. The highest BCUT2D eigenvalue weighted by atomic mass is 16.3. The van der Waals surface area contributed by atoms with E-state index in [0.29, 0.717) is 5.56 Å². The maximum Gasteiger partial charge on any atom is 0.143 e. The van der Waals surface area contributed by atoms with Crippen molar-refractivity contribution in [3.63, 3.8) is 0 Å². The maximum atomic E-state index is 9.47. The molecule has 2 nitrogen and oxygen atoms in total. The lowest BCUT2D eigenvalue weighted by Crippen LogP contribution is -1.92. The molecule has 0 bridgehead atoms. The zero-order valence-corrected chi connectivity index (χ0v) is 29.6. The Morgan fingerprint density at radius 3 is 1.47 bits per heavy atom. The molecule has 12 aromatic rings. The number of rotatable bonds is 2. The molecular weight excluding hydrogens is 667 g/mol. The lowest BCUT2D eigenvalue weighted by molar-refractivity contribution is 0.673. The second-order valence-corrected chi connectivity index (χ2v) is 14.7. The standard InChI is InChI=1S/C53H29NO/c54-30-31-17-22-36-32(27-31)18-19-33-28-34(20-23-37(33)36)50-41-12-3-5-14-43(41)51(44-15-6-4-13-42(44)50)35-21-24-46-48(29-35)39-10-2-1-9-38(39)45-25-26-47-40-11-7-8-16-49(40)55-53(47)52(45)46/h1-29H. The van der Waals surface area contributed by atoms with E-state index < -0.39 is 0 Å². The monoisotopic (exact) mass is 695 g/mol. The summed E-state index contributed by atoms with van der Waals surface area (Å²) in [5.74, 6) is 0. The van der Waals surface area contributed by atoms with Crippen LogP contribution in [0.5, 0.6) is 0 Å². The van der Waals surface area contributed by atoms with Crippen LogP contribution in [0.1, 0.15) is 5.56 Å². The van der Waals surface area contributed by atoms with Gasteiger partial charge in [-0.15, -0.1) is 0 Å². The average Bonchev–Trinajstić information content (AvgIpc) is 3.64. The number of nitrogens with zero attached hydrogens (tertiary/aromatic N) is 1. The molecule has 0 spiro atoms. The van der Waals surface area contributed by atoms with Gasteiger partial charge >= 0.3 is 0 Å². The molecule has 252 valence electrons. The van der Waals surface area contributed by atoms with Crippen molar-refractivity contribution in [3.8, 4) is 28.3 Å². The fraction of sp³-hybridized carbons (Fsp3) is 0. The molecule has 0 saturated carbocycles. The topological polar surface area (TPSA) is 36.9 Å². The summed E-state index contributed by atoms with van der Waals surface area (Å²) in [6, 6.07) is 65.8. The summed E-state index contributed by atoms with van der Waals surface area (Å²) in [5, 5.41) is 28.5. The van der Waals surface area contributed by atoms with E-state index in [0.717, 1.165) is 38.1 Å². The van der Waals surface area contributed by atoms with Gasteiger partial charge in [-0.05, 0) is 129 Å². The van der Waals surface area contributed by atoms with E-state index in [1.165, 1.54) is 81.5 Å². The number of hydrogen-bond acceptors (Lipinski definition) is 2. The maximum absolute atomic E-state index is 9.47. The molecule has 0 fully saturated rings. The normalized spacial score (nSPS) is 12.0. The van der Waals surface area contributed by atoms with E-state index in [2.05, 4.69) is 164 Å². The molecule has 55 heavy (non-hydrogen) atoms. The number of nitriles is 1. The average molecular weight is 696 g/mol. The van der Waals surface area contributed by atoms with E-state index in [4.69, 9.17) is 4.42 Å². The summed E-state index contributed by atoms with van der Waals surface area (Å²) < 4.78 is 6.65. The van der Waals surface area contributed by atoms with Gasteiger partial charge in [-0.3, -0.25) is 0 Å². The summed E-state index contributed by atoms with van der Waals surface area (Å²) in [6.45, 7) is 0. The lowest BCUT2D eigenvalue weighted by atomic mass is 9.84. The Hall–Kier alpha value is -7.47. The van der Waals surface area contributed by atoms with Gasteiger partial charge in [0.1, 0.15) is 11.2 Å². The van der Waals surface area contributed by atoms with E-state index in [-0.39, 0.29) is 0 Å². The summed E-state index contributed by atoms with van der Waals surface area (Å²) in [5.41, 5.74) is 7.38. The van der Waals surface area contributed by atoms with Crippen molar-refractivity contribution in [2.45, 2.75) is 0 Å². The Kier molecular flexibility index (Phi) is 6.15. The van der Waals surface area contributed by atoms with Gasteiger partial charge < -0.3 is 4.42 Å². The highest BCUT2D eigenvalue weighted by molar-refractivity contribution is 6.33. The molecule has 0 aliphatic heterocycles. The molecule has 0 radical (unpaired) electrons. The van der Waals surface area contributed by atoms with Crippen LogP contribution in [0.15, 0.2) is 180 Å². The third-order valence-electron chi connectivity index (χ3n) is 11.8. The molecule has 1 heterocycles. The summed E-state index contributed by atoms with van der Waals surface area (Å²) in [7, 11) is 0. The number of furan rings is 1. The van der Waals surface area contributed by atoms with Gasteiger partial charge in [0, 0.05) is 16.2 Å². The van der Waals surface area contributed by atoms with Crippen LogP contribution in [0.2, 0.25) is 0 Å². The zero-order chi connectivity index (χ0) is 36.2. The van der Waals surface area contributed by atoms with Crippen LogP contribution in [0.3, 0.4) is 0 Å². The van der Waals surface area contributed by atoms with Crippen LogP contribution in [-0.2, 0) is 0 Å². The van der Waals surface area contributed by atoms with E-state index in [9.17, 15) is 5.26 Å². The van der Waals surface area contributed by atoms with Gasteiger partial charge in [0.15, 0.2) is 0 Å². The molecular formula is C53H29NO. The lowest BCUT2D eigenvalue weighted by Gasteiger charge is -2.19. The SMILES string of the molecule is N#Cc1ccc2c(ccc3cc(-c4c5ccccc5c(-c5ccc6c(c5)c5ccccc5c5ccc7c8ccccc8oc7c56)c5ccccc45)ccc32)c1. The van der Waals surface area contributed by atoms with Gasteiger partial charge in [0.2, 0.25) is 0 Å². The molecule has 1 aromatic heterocycles. The Balaban J connectivity index is 1.14. The smallest absolute Gasteiger partial charge is 0.143 e. The Morgan fingerprint density at radius 2 is 0.818 bits per heavy atom. The Bertz CT molecular complexity index is 3620. The zero-order valence-electron chi connectivity index (χ0n) is 29.6. The van der Waals surface area contributed by atoms with Crippen molar-refractivity contribution in [2.75, 3.05) is 0 Å². The van der Waals surface area contributed by atoms with E-state index in [1.807, 2.05) is 18.2 Å². The first-order valence-electron chi connectivity index (χ1n) is 18.7. The Morgan fingerprint density at radius 1 is 0.345 bits per heavy atom. The first-order chi connectivity index (χ1) is 27.2. The number of hydrogen-bond donors (Lipinski definition) is 0. The molecule has 0 aliphatic carbocycles. The second-order valence-electron chi connectivity index (χ2n) is 14.7. The van der Waals surface area contributed by atoms with Crippen LogP contribution in [-0.4, -0.2) is 0 Å². The molecule has 0 unspecified atom stereocenters. The summed E-state index contributed by atoms with van der Waals surface area (Å²) in [6.07, 6.45) is 0. The van der Waals surface area contributed by atoms with Crippen LogP contribution in [0.4, 0.5) is 0 Å². The summed E-state index contributed by atoms with van der Waals surface area (Å²) >= 11 is 0. The van der Waals surface area contributed by atoms with Crippen molar-refractivity contribution in [1.82, 2.24) is 0 Å². The number of benzene rings is 11. The quantitative estimate of drug-likeness (QED) is 0.133. The molecule has 0 N–H and O–H groups in total. The number of fused-ring (bicyclic) bond motifs is 15. The van der Waals surface area contributed by atoms with E-state index >= 15 is 0 Å². The molecule has 12 rings (SSSR count). The first-order valence-corrected chi connectivity index (χ1v) is 18.7. The number of para-hydroxylation sites is 1. The van der Waals surface area contributed by atoms with Crippen molar-refractivity contribution in [3.05, 3.63) is 181 Å². The fourth-order valence-corrected chi connectivity index (χ4v) is 9.42. The van der Waals surface area contributed by atoms with Crippen LogP contribution in [0, 0.1) is 11.3 Å². The minimum Gasteiger partial charge on any atom is -0.455 e. The van der Waals surface area contributed by atoms with Crippen LogP contribution in [0.25, 0.3) is 120 Å². The third-order valence-corrected chi connectivity index (χ3v) is 11.8. The molecule has 0 saturated heterocycles. The molecule has 0 aliphatic rings. The molecule has 0 amide bonds. The summed E-state index contributed by atoms with van der Waals surface area (Å²) in [4.78, 5) is 0. The molecule has 0 atom stereocenters. The van der Waals surface area contributed by atoms with Crippen molar-refractivity contribution in [1.29, 1.82) is 5.26 Å². The van der Waals surface area contributed by atoms with Crippen LogP contribution < -0.4 is 0 Å². The predicted octanol–water partition coefficient (Wildman–Crippen LogP) is 14.9. The molecule has 2 heteroatoms. The van der Waals surface area contributed by atoms with Crippen LogP contribution >= 0.6 is 0 Å². The minimum atomic E-state index is 0.679. The van der Waals surface area contributed by atoms with Gasteiger partial charge in [0.25, 0.3) is 0 Å². The largest absolute Gasteiger partial charge is 0.455 e. The van der Waals surface area contributed by atoms with Crippen molar-refractivity contribution < 1.29 is 4.42 Å². The first kappa shape index (κ1) is 30.0. The minimum absolute atomic E-state index is 0.679. The Labute approximate surface area is 315 Å². The van der Waals surface area contributed by atoms with Gasteiger partial charge in [-0.25, -0.2) is 0 Å². The molecule has 11 aromatic carbocycles. The van der Waals surface area contributed by atoms with Gasteiger partial charge in [-0.1, -0.05) is 140 Å². The van der Waals surface area contributed by atoms with Gasteiger partial charge in [-0.2, -0.15) is 5.26 Å². The third kappa shape index (κ3) is 4.24. The van der Waals surface area contributed by atoms with Crippen molar-refractivity contribution in [2.24, 2.45) is 0 Å². The predicted molar refractivity (Wildman–Crippen MR) is 232 cm³/mol.